The lowest BCUT2D eigenvalue weighted by Gasteiger charge is -2.17. The van der Waals surface area contributed by atoms with E-state index in [9.17, 15) is 0 Å². The molecule has 1 fully saturated rings. The van der Waals surface area contributed by atoms with E-state index in [1.807, 2.05) is 0 Å². The zero-order chi connectivity index (χ0) is 16.2. The minimum absolute atomic E-state index is 0.590. The maximum absolute atomic E-state index is 3.76. The summed E-state index contributed by atoms with van der Waals surface area (Å²) in [6.07, 6.45) is 1.23. The van der Waals surface area contributed by atoms with Gasteiger partial charge in [0.1, 0.15) is 0 Å². The van der Waals surface area contributed by atoms with Gasteiger partial charge < -0.3 is 5.32 Å². The van der Waals surface area contributed by atoms with Gasteiger partial charge in [-0.2, -0.15) is 0 Å². The Labute approximate surface area is 144 Å². The van der Waals surface area contributed by atoms with Crippen LogP contribution in [0, 0.1) is 0 Å². The number of hydrogen-bond acceptors (Lipinski definition) is 2. The summed E-state index contributed by atoms with van der Waals surface area (Å²) in [7, 11) is 0. The second-order valence-corrected chi connectivity index (χ2v) is 6.73. The fourth-order valence-electron chi connectivity index (χ4n) is 3.69. The average molecular weight is 316 g/mol. The van der Waals surface area contributed by atoms with Crippen LogP contribution in [-0.2, 0) is 13.1 Å². The molecular weight excluding hydrogens is 292 g/mol. The Morgan fingerprint density at radius 2 is 1.67 bits per heavy atom. The van der Waals surface area contributed by atoms with E-state index < -0.39 is 0 Å². The molecular formula is C22H24N2. The van der Waals surface area contributed by atoms with Crippen molar-refractivity contribution in [2.24, 2.45) is 0 Å². The van der Waals surface area contributed by atoms with Gasteiger partial charge in [-0.25, -0.2) is 0 Å². The zero-order valence-electron chi connectivity index (χ0n) is 14.0. The molecule has 0 saturated carbocycles. The molecule has 0 unspecified atom stereocenters. The highest BCUT2D eigenvalue weighted by Crippen LogP contribution is 2.19. The SMILES string of the molecule is c1ccc(CN2CC[C@H](NCc3cccc4ccccc34)C2)cc1. The first-order chi connectivity index (χ1) is 11.9. The summed E-state index contributed by atoms with van der Waals surface area (Å²) in [5.41, 5.74) is 2.81. The van der Waals surface area contributed by atoms with Crippen LogP contribution in [0.4, 0.5) is 0 Å². The molecule has 0 spiro atoms. The third-order valence-electron chi connectivity index (χ3n) is 4.98. The van der Waals surface area contributed by atoms with E-state index in [1.54, 1.807) is 0 Å². The summed E-state index contributed by atoms with van der Waals surface area (Å²) in [5.74, 6) is 0. The van der Waals surface area contributed by atoms with Crippen LogP contribution in [-0.4, -0.2) is 24.0 Å². The number of hydrogen-bond donors (Lipinski definition) is 1. The van der Waals surface area contributed by atoms with Crippen LogP contribution < -0.4 is 5.32 Å². The summed E-state index contributed by atoms with van der Waals surface area (Å²) in [6, 6.07) is 26.6. The molecule has 0 aliphatic carbocycles. The molecule has 1 heterocycles. The van der Waals surface area contributed by atoms with Crippen molar-refractivity contribution in [2.75, 3.05) is 13.1 Å². The van der Waals surface area contributed by atoms with Crippen molar-refractivity contribution in [3.63, 3.8) is 0 Å². The minimum Gasteiger partial charge on any atom is -0.309 e. The Balaban J connectivity index is 1.35. The van der Waals surface area contributed by atoms with Crippen LogP contribution in [0.1, 0.15) is 17.5 Å². The Kier molecular flexibility index (Phi) is 4.59. The molecule has 2 nitrogen and oxygen atoms in total. The summed E-state index contributed by atoms with van der Waals surface area (Å²) in [6.45, 7) is 4.33. The maximum atomic E-state index is 3.76. The lowest BCUT2D eigenvalue weighted by molar-refractivity contribution is 0.320. The predicted octanol–water partition coefficient (Wildman–Crippen LogP) is 4.20. The molecule has 0 radical (unpaired) electrons. The fourth-order valence-corrected chi connectivity index (χ4v) is 3.69. The number of nitrogens with zero attached hydrogens (tertiary/aromatic N) is 1. The van der Waals surface area contributed by atoms with Crippen molar-refractivity contribution >= 4 is 10.8 Å². The quantitative estimate of drug-likeness (QED) is 0.759. The number of nitrogens with one attached hydrogen (secondary N) is 1. The molecule has 3 aromatic carbocycles. The Hall–Kier alpha value is -2.16. The van der Waals surface area contributed by atoms with Crippen LogP contribution in [0.15, 0.2) is 72.8 Å². The second-order valence-electron chi connectivity index (χ2n) is 6.73. The molecule has 0 aromatic heterocycles. The van der Waals surface area contributed by atoms with Gasteiger partial charge >= 0.3 is 0 Å². The number of rotatable bonds is 5. The first-order valence-electron chi connectivity index (χ1n) is 8.85. The van der Waals surface area contributed by atoms with Gasteiger partial charge in [-0.3, -0.25) is 4.90 Å². The topological polar surface area (TPSA) is 15.3 Å². The molecule has 0 bridgehead atoms. The fraction of sp³-hybridized carbons (Fsp3) is 0.273. The van der Waals surface area contributed by atoms with Crippen LogP contribution in [0.5, 0.6) is 0 Å². The monoisotopic (exact) mass is 316 g/mol. The van der Waals surface area contributed by atoms with Gasteiger partial charge in [0.15, 0.2) is 0 Å². The molecule has 2 heteroatoms. The van der Waals surface area contributed by atoms with Crippen molar-refractivity contribution in [3.05, 3.63) is 83.9 Å². The number of fused-ring (bicyclic) bond motifs is 1. The molecule has 4 rings (SSSR count). The first kappa shape index (κ1) is 15.4. The first-order valence-corrected chi connectivity index (χ1v) is 8.85. The van der Waals surface area contributed by atoms with E-state index in [0.29, 0.717) is 6.04 Å². The summed E-state index contributed by atoms with van der Waals surface area (Å²) in [4.78, 5) is 2.55. The van der Waals surface area contributed by atoms with Crippen molar-refractivity contribution < 1.29 is 0 Å². The smallest absolute Gasteiger partial charge is 0.0234 e. The van der Waals surface area contributed by atoms with Crippen LogP contribution in [0.25, 0.3) is 10.8 Å². The Bertz CT molecular complexity index is 792. The highest BCUT2D eigenvalue weighted by atomic mass is 15.2. The molecule has 24 heavy (non-hydrogen) atoms. The normalized spacial score (nSPS) is 18.2. The molecule has 1 aliphatic heterocycles. The number of likely N-dealkylation sites (tertiary alicyclic amines) is 1. The number of benzene rings is 3. The van der Waals surface area contributed by atoms with Gasteiger partial charge in [0.25, 0.3) is 0 Å². The third-order valence-corrected chi connectivity index (χ3v) is 4.98. The lowest BCUT2D eigenvalue weighted by atomic mass is 10.0. The molecule has 0 amide bonds. The molecule has 1 aliphatic rings. The van der Waals surface area contributed by atoms with Crippen LogP contribution >= 0.6 is 0 Å². The van der Waals surface area contributed by atoms with Crippen LogP contribution in [0.2, 0.25) is 0 Å². The van der Waals surface area contributed by atoms with E-state index in [4.69, 9.17) is 0 Å². The van der Waals surface area contributed by atoms with E-state index in [0.717, 1.165) is 19.6 Å². The molecule has 1 saturated heterocycles. The van der Waals surface area contributed by atoms with E-state index in [-0.39, 0.29) is 0 Å². The summed E-state index contributed by atoms with van der Waals surface area (Å²) in [5, 5.41) is 6.46. The second kappa shape index (κ2) is 7.16. The Morgan fingerprint density at radius 1 is 0.875 bits per heavy atom. The maximum Gasteiger partial charge on any atom is 0.0234 e. The van der Waals surface area contributed by atoms with Gasteiger partial charge in [-0.1, -0.05) is 72.8 Å². The highest BCUT2D eigenvalue weighted by molar-refractivity contribution is 5.85. The largest absolute Gasteiger partial charge is 0.309 e. The van der Waals surface area contributed by atoms with Crippen LogP contribution in [0.3, 0.4) is 0 Å². The van der Waals surface area contributed by atoms with Gasteiger partial charge in [0.05, 0.1) is 0 Å². The van der Waals surface area contributed by atoms with Crippen molar-refractivity contribution in [1.82, 2.24) is 10.2 Å². The third kappa shape index (κ3) is 3.50. The van der Waals surface area contributed by atoms with Gasteiger partial charge in [-0.15, -0.1) is 0 Å². The van der Waals surface area contributed by atoms with Gasteiger partial charge in [0.2, 0.25) is 0 Å². The van der Waals surface area contributed by atoms with E-state index in [2.05, 4.69) is 83.0 Å². The van der Waals surface area contributed by atoms with E-state index in [1.165, 1.54) is 34.9 Å². The van der Waals surface area contributed by atoms with Gasteiger partial charge in [0, 0.05) is 32.2 Å². The standard InChI is InChI=1S/C22H24N2/c1-2-7-18(8-3-1)16-24-14-13-21(17-24)23-15-20-11-6-10-19-9-4-5-12-22(19)20/h1-12,21,23H,13-17H2/t21-/m0/s1. The van der Waals surface area contributed by atoms with Crippen molar-refractivity contribution in [2.45, 2.75) is 25.6 Å². The summed E-state index contributed by atoms with van der Waals surface area (Å²) >= 11 is 0. The zero-order valence-corrected chi connectivity index (χ0v) is 14.0. The summed E-state index contributed by atoms with van der Waals surface area (Å²) < 4.78 is 0. The average Bonchev–Trinajstić information content (AvgIpc) is 3.08. The molecule has 1 atom stereocenters. The predicted molar refractivity (Wildman–Crippen MR) is 101 cm³/mol. The lowest BCUT2D eigenvalue weighted by Crippen LogP contribution is -2.32. The van der Waals surface area contributed by atoms with E-state index >= 15 is 0 Å². The molecule has 1 N–H and O–H groups in total. The van der Waals surface area contributed by atoms with Crippen molar-refractivity contribution in [3.8, 4) is 0 Å². The highest BCUT2D eigenvalue weighted by Gasteiger charge is 2.21. The molecule has 3 aromatic rings. The van der Waals surface area contributed by atoms with Crippen molar-refractivity contribution in [1.29, 1.82) is 0 Å². The van der Waals surface area contributed by atoms with Gasteiger partial charge in [-0.05, 0) is 28.3 Å². The molecule has 122 valence electrons. The minimum atomic E-state index is 0.590. The Morgan fingerprint density at radius 3 is 2.58 bits per heavy atom.